The summed E-state index contributed by atoms with van der Waals surface area (Å²) in [5.74, 6) is 0.106. The fourth-order valence-electron chi connectivity index (χ4n) is 4.51. The molecule has 3 atom stereocenters. The van der Waals surface area contributed by atoms with Crippen molar-refractivity contribution < 1.29 is 40.7 Å². The molecule has 2 aliphatic carbocycles. The first-order valence-electron chi connectivity index (χ1n) is 10.1. The maximum Gasteiger partial charge on any atom is 0.435 e. The summed E-state index contributed by atoms with van der Waals surface area (Å²) in [6.45, 7) is 0.150. The number of hydrogen-bond acceptors (Lipinski definition) is 4. The van der Waals surface area contributed by atoms with Gasteiger partial charge in [-0.15, -0.1) is 0 Å². The summed E-state index contributed by atoms with van der Waals surface area (Å²) in [6, 6.07) is 3.14. The summed E-state index contributed by atoms with van der Waals surface area (Å²) in [7, 11) is 1.52. The lowest BCUT2D eigenvalue weighted by molar-refractivity contribution is -0.276. The van der Waals surface area contributed by atoms with E-state index < -0.39 is 35.5 Å². The van der Waals surface area contributed by atoms with Crippen molar-refractivity contribution in [2.45, 2.75) is 49.7 Å². The van der Waals surface area contributed by atoms with Crippen LogP contribution >= 0.6 is 0 Å². The molecule has 1 aromatic carbocycles. The molecule has 0 bridgehead atoms. The van der Waals surface area contributed by atoms with Crippen LogP contribution in [0, 0.1) is 5.92 Å². The van der Waals surface area contributed by atoms with Crippen LogP contribution < -0.4 is 0 Å². The average molecular weight is 461 g/mol. The third-order valence-electron chi connectivity index (χ3n) is 6.16. The minimum absolute atomic E-state index is 0.0938. The molecule has 1 aromatic rings. The van der Waals surface area contributed by atoms with Gasteiger partial charge in [0.1, 0.15) is 6.79 Å². The van der Waals surface area contributed by atoms with Crippen LogP contribution in [0.1, 0.15) is 36.8 Å². The average Bonchev–Trinajstić information content (AvgIpc) is 3.36. The highest BCUT2D eigenvalue weighted by Crippen LogP contribution is 2.51. The second kappa shape index (κ2) is 8.22. The fraction of sp³-hybridized carbons (Fsp3) is 0.500. The molecule has 0 N–H and O–H groups in total. The van der Waals surface area contributed by atoms with Gasteiger partial charge in [-0.05, 0) is 48.5 Å². The standard InChI is InChI=1S/C22H21F6NO3/c1-30-12-31-19-8-6-13-9-14(5-7-17(13)19)18-11-20(32-29-18,22(26,27)28)15-3-2-4-16(10-15)21(23,24)25/h2-5,7,10,13,19H,6,8-9,11-12H2,1H3. The SMILES string of the molecule is COCOC1CCC2CC(C3=NOC(c4cccc(C(F)(F)F)c4)(C(F)(F)F)C3)=CC=C21. The summed E-state index contributed by atoms with van der Waals surface area (Å²) in [5, 5.41) is 3.70. The van der Waals surface area contributed by atoms with Crippen LogP contribution in [0.3, 0.4) is 0 Å². The van der Waals surface area contributed by atoms with Gasteiger partial charge in [0.2, 0.25) is 0 Å². The van der Waals surface area contributed by atoms with E-state index >= 15 is 0 Å². The topological polar surface area (TPSA) is 40.0 Å². The molecule has 10 heteroatoms. The predicted molar refractivity (Wildman–Crippen MR) is 103 cm³/mol. The highest BCUT2D eigenvalue weighted by Gasteiger charge is 2.62. The molecule has 0 radical (unpaired) electrons. The molecular formula is C22H21F6NO3. The number of halogens is 6. The zero-order valence-corrected chi connectivity index (χ0v) is 17.1. The Morgan fingerprint density at radius 3 is 2.59 bits per heavy atom. The van der Waals surface area contributed by atoms with E-state index in [4.69, 9.17) is 14.3 Å². The summed E-state index contributed by atoms with van der Waals surface area (Å²) in [4.78, 5) is 4.90. The molecule has 0 amide bonds. The first kappa shape index (κ1) is 22.8. The number of methoxy groups -OCH3 is 1. The molecule has 1 saturated carbocycles. The van der Waals surface area contributed by atoms with Crippen LogP contribution in [0.5, 0.6) is 0 Å². The third kappa shape index (κ3) is 4.05. The summed E-state index contributed by atoms with van der Waals surface area (Å²) >= 11 is 0. The highest BCUT2D eigenvalue weighted by atomic mass is 19.4. The van der Waals surface area contributed by atoms with Crippen molar-refractivity contribution >= 4 is 5.71 Å². The van der Waals surface area contributed by atoms with Crippen molar-refractivity contribution in [1.82, 2.24) is 0 Å². The number of allylic oxidation sites excluding steroid dienone is 3. The first-order valence-corrected chi connectivity index (χ1v) is 10.1. The lowest BCUT2D eigenvalue weighted by Crippen LogP contribution is -2.43. The molecular weight excluding hydrogens is 440 g/mol. The van der Waals surface area contributed by atoms with Gasteiger partial charge in [0.15, 0.2) is 0 Å². The number of rotatable bonds is 5. The van der Waals surface area contributed by atoms with Crippen molar-refractivity contribution in [2.75, 3.05) is 13.9 Å². The Kier molecular flexibility index (Phi) is 5.87. The second-order valence-electron chi connectivity index (χ2n) is 8.11. The lowest BCUT2D eigenvalue weighted by Gasteiger charge is -2.30. The van der Waals surface area contributed by atoms with E-state index in [2.05, 4.69) is 5.16 Å². The van der Waals surface area contributed by atoms with Gasteiger partial charge in [0, 0.05) is 19.1 Å². The molecule has 32 heavy (non-hydrogen) atoms. The van der Waals surface area contributed by atoms with E-state index in [1.807, 2.05) is 6.08 Å². The normalized spacial score (nSPS) is 28.0. The van der Waals surface area contributed by atoms with E-state index in [-0.39, 0.29) is 24.5 Å². The van der Waals surface area contributed by atoms with E-state index in [1.54, 1.807) is 6.08 Å². The van der Waals surface area contributed by atoms with Gasteiger partial charge < -0.3 is 14.3 Å². The molecule has 4 rings (SSSR count). The van der Waals surface area contributed by atoms with Crippen molar-refractivity contribution in [3.8, 4) is 0 Å². The summed E-state index contributed by atoms with van der Waals surface area (Å²) < 4.78 is 92.2. The van der Waals surface area contributed by atoms with Crippen molar-refractivity contribution in [3.63, 3.8) is 0 Å². The first-order chi connectivity index (χ1) is 15.0. The molecule has 3 unspecified atom stereocenters. The molecule has 1 heterocycles. The molecule has 0 spiro atoms. The molecule has 4 nitrogen and oxygen atoms in total. The van der Waals surface area contributed by atoms with Gasteiger partial charge in [0.05, 0.1) is 17.4 Å². The predicted octanol–water partition coefficient (Wildman–Crippen LogP) is 5.89. The van der Waals surface area contributed by atoms with Crippen LogP contribution in [-0.2, 0) is 26.1 Å². The van der Waals surface area contributed by atoms with Crippen LogP contribution in [0.15, 0.2) is 52.7 Å². The van der Waals surface area contributed by atoms with E-state index in [9.17, 15) is 26.3 Å². The van der Waals surface area contributed by atoms with Crippen LogP contribution in [0.25, 0.3) is 0 Å². The fourth-order valence-corrected chi connectivity index (χ4v) is 4.51. The molecule has 0 saturated heterocycles. The Labute approximate surface area is 180 Å². The maximum atomic E-state index is 14.1. The molecule has 174 valence electrons. The van der Waals surface area contributed by atoms with Crippen LogP contribution in [0.2, 0.25) is 0 Å². The Morgan fingerprint density at radius 2 is 1.91 bits per heavy atom. The van der Waals surface area contributed by atoms with Gasteiger partial charge in [-0.25, -0.2) is 0 Å². The largest absolute Gasteiger partial charge is 0.435 e. The number of fused-ring (bicyclic) bond motifs is 1. The van der Waals surface area contributed by atoms with E-state index in [1.165, 1.54) is 7.11 Å². The van der Waals surface area contributed by atoms with E-state index in [0.29, 0.717) is 18.1 Å². The molecule has 1 aliphatic heterocycles. The van der Waals surface area contributed by atoms with Gasteiger partial charge in [-0.1, -0.05) is 29.4 Å². The zero-order chi connectivity index (χ0) is 23.1. The number of benzene rings is 1. The number of nitrogens with zero attached hydrogens (tertiary/aromatic N) is 1. The van der Waals surface area contributed by atoms with Crippen molar-refractivity contribution in [3.05, 3.63) is 58.7 Å². The van der Waals surface area contributed by atoms with Crippen LogP contribution in [0.4, 0.5) is 26.3 Å². The smallest absolute Gasteiger partial charge is 0.374 e. The Morgan fingerprint density at radius 1 is 1.12 bits per heavy atom. The summed E-state index contributed by atoms with van der Waals surface area (Å²) in [6.07, 6.45) is -4.95. The van der Waals surface area contributed by atoms with Crippen LogP contribution in [-0.4, -0.2) is 31.9 Å². The molecule has 1 fully saturated rings. The summed E-state index contributed by atoms with van der Waals surface area (Å²) in [5.41, 5.74) is -3.02. The quantitative estimate of drug-likeness (QED) is 0.405. The maximum absolute atomic E-state index is 14.1. The molecule has 3 aliphatic rings. The Bertz CT molecular complexity index is 965. The third-order valence-corrected chi connectivity index (χ3v) is 6.16. The van der Waals surface area contributed by atoms with Gasteiger partial charge in [0.25, 0.3) is 5.60 Å². The number of alkyl halides is 6. The lowest BCUT2D eigenvalue weighted by atomic mass is 9.81. The number of ether oxygens (including phenoxy) is 2. The Hall–Kier alpha value is -2.33. The van der Waals surface area contributed by atoms with Gasteiger partial charge in [-0.2, -0.15) is 26.3 Å². The van der Waals surface area contributed by atoms with Gasteiger partial charge in [-0.3, -0.25) is 0 Å². The Balaban J connectivity index is 1.60. The second-order valence-corrected chi connectivity index (χ2v) is 8.11. The highest BCUT2D eigenvalue weighted by molar-refractivity contribution is 6.02. The number of hydrogen-bond donors (Lipinski definition) is 0. The van der Waals surface area contributed by atoms with Gasteiger partial charge >= 0.3 is 12.4 Å². The van der Waals surface area contributed by atoms with Crippen molar-refractivity contribution in [2.24, 2.45) is 11.1 Å². The van der Waals surface area contributed by atoms with E-state index in [0.717, 1.165) is 36.6 Å². The molecule has 0 aromatic heterocycles. The monoisotopic (exact) mass is 461 g/mol. The zero-order valence-electron chi connectivity index (χ0n) is 17.1. The minimum atomic E-state index is -4.97. The minimum Gasteiger partial charge on any atom is -0.374 e. The van der Waals surface area contributed by atoms with Crippen molar-refractivity contribution in [1.29, 1.82) is 0 Å². The number of oxime groups is 1.